The summed E-state index contributed by atoms with van der Waals surface area (Å²) in [6.07, 6.45) is 1.93. The van der Waals surface area contributed by atoms with Crippen LogP contribution < -0.4 is 5.32 Å². The number of carbonyl (C=O) groups is 1. The average Bonchev–Trinajstić information content (AvgIpc) is 2.89. The molecule has 5 heteroatoms. The largest absolute Gasteiger partial charge is 0.349 e. The van der Waals surface area contributed by atoms with Gasteiger partial charge in [0.2, 0.25) is 0 Å². The van der Waals surface area contributed by atoms with Gasteiger partial charge in [0, 0.05) is 18.5 Å². The average molecular weight is 265 g/mol. The lowest BCUT2D eigenvalue weighted by molar-refractivity contribution is 0.0939. The number of nitrogens with zero attached hydrogens (tertiary/aromatic N) is 2. The van der Waals surface area contributed by atoms with E-state index >= 15 is 0 Å². The third kappa shape index (κ3) is 2.27. The Kier molecular flexibility index (Phi) is 3.71. The van der Waals surface area contributed by atoms with Gasteiger partial charge in [-0.2, -0.15) is 5.10 Å². The standard InChI is InChI=1S/C13H19N3OS/c1-5-9(6-2)14-12(17)11-7-10-8(3)15-16(4)13(10)18-11/h7,9H,5-6H2,1-4H3,(H,14,17). The minimum Gasteiger partial charge on any atom is -0.349 e. The van der Waals surface area contributed by atoms with Gasteiger partial charge in [-0.3, -0.25) is 9.48 Å². The number of fused-ring (bicyclic) bond motifs is 1. The number of rotatable bonds is 4. The first kappa shape index (κ1) is 13.1. The van der Waals surface area contributed by atoms with E-state index in [9.17, 15) is 4.79 Å². The number of carbonyl (C=O) groups excluding carboxylic acids is 1. The first-order valence-corrected chi connectivity index (χ1v) is 7.12. The van der Waals surface area contributed by atoms with Crippen LogP contribution in [-0.2, 0) is 7.05 Å². The van der Waals surface area contributed by atoms with Crippen molar-refractivity contribution in [1.82, 2.24) is 15.1 Å². The molecule has 0 aliphatic rings. The number of nitrogens with one attached hydrogen (secondary N) is 1. The SMILES string of the molecule is CCC(CC)NC(=O)c1cc2c(C)nn(C)c2s1. The second-order valence-corrected chi connectivity index (χ2v) is 5.56. The van der Waals surface area contributed by atoms with Crippen molar-refractivity contribution in [3.05, 3.63) is 16.6 Å². The van der Waals surface area contributed by atoms with Crippen molar-refractivity contribution in [1.29, 1.82) is 0 Å². The van der Waals surface area contributed by atoms with Gasteiger partial charge in [-0.25, -0.2) is 0 Å². The topological polar surface area (TPSA) is 46.9 Å². The third-order valence-corrected chi connectivity index (χ3v) is 4.44. The lowest BCUT2D eigenvalue weighted by Gasteiger charge is -2.13. The molecule has 1 N–H and O–H groups in total. The zero-order chi connectivity index (χ0) is 13.3. The van der Waals surface area contributed by atoms with Crippen LogP contribution in [0.25, 0.3) is 10.2 Å². The highest BCUT2D eigenvalue weighted by molar-refractivity contribution is 7.20. The van der Waals surface area contributed by atoms with E-state index < -0.39 is 0 Å². The molecule has 2 rings (SSSR count). The van der Waals surface area contributed by atoms with Crippen LogP contribution in [0.5, 0.6) is 0 Å². The summed E-state index contributed by atoms with van der Waals surface area (Å²) < 4.78 is 1.84. The van der Waals surface area contributed by atoms with Gasteiger partial charge in [-0.15, -0.1) is 11.3 Å². The molecule has 2 aromatic rings. The Morgan fingerprint density at radius 3 is 2.72 bits per heavy atom. The maximum Gasteiger partial charge on any atom is 0.261 e. The van der Waals surface area contributed by atoms with Gasteiger partial charge < -0.3 is 5.32 Å². The normalized spacial score (nSPS) is 11.4. The Morgan fingerprint density at radius 1 is 1.50 bits per heavy atom. The van der Waals surface area contributed by atoms with Crippen molar-refractivity contribution >= 4 is 27.5 Å². The number of hydrogen-bond donors (Lipinski definition) is 1. The third-order valence-electron chi connectivity index (χ3n) is 3.24. The van der Waals surface area contributed by atoms with Crippen molar-refractivity contribution in [3.8, 4) is 0 Å². The van der Waals surface area contributed by atoms with Crippen LogP contribution in [0, 0.1) is 6.92 Å². The van der Waals surface area contributed by atoms with Crippen molar-refractivity contribution in [2.45, 2.75) is 39.7 Å². The van der Waals surface area contributed by atoms with Crippen LogP contribution in [0.2, 0.25) is 0 Å². The molecule has 0 spiro atoms. The second kappa shape index (κ2) is 5.10. The summed E-state index contributed by atoms with van der Waals surface area (Å²) >= 11 is 1.50. The molecule has 0 aromatic carbocycles. The Labute approximate surface area is 111 Å². The molecule has 1 amide bonds. The number of aryl methyl sites for hydroxylation is 2. The van der Waals surface area contributed by atoms with E-state index in [1.807, 2.05) is 24.7 Å². The molecular formula is C13H19N3OS. The van der Waals surface area contributed by atoms with Gasteiger partial charge in [-0.05, 0) is 25.8 Å². The Bertz CT molecular complexity index is 532. The van der Waals surface area contributed by atoms with Crippen LogP contribution in [0.3, 0.4) is 0 Å². The zero-order valence-electron chi connectivity index (χ0n) is 11.3. The Balaban J connectivity index is 2.26. The first-order chi connectivity index (χ1) is 8.56. The smallest absolute Gasteiger partial charge is 0.261 e. The molecule has 0 bridgehead atoms. The minimum absolute atomic E-state index is 0.0318. The first-order valence-electron chi connectivity index (χ1n) is 6.30. The van der Waals surface area contributed by atoms with Gasteiger partial charge in [0.1, 0.15) is 4.83 Å². The van der Waals surface area contributed by atoms with Gasteiger partial charge in [0.25, 0.3) is 5.91 Å². The fourth-order valence-corrected chi connectivity index (χ4v) is 3.09. The zero-order valence-corrected chi connectivity index (χ0v) is 12.1. The van der Waals surface area contributed by atoms with Gasteiger partial charge >= 0.3 is 0 Å². The van der Waals surface area contributed by atoms with Crippen molar-refractivity contribution in [3.63, 3.8) is 0 Å². The molecule has 18 heavy (non-hydrogen) atoms. The quantitative estimate of drug-likeness (QED) is 0.924. The fraction of sp³-hybridized carbons (Fsp3) is 0.538. The van der Waals surface area contributed by atoms with E-state index in [1.165, 1.54) is 11.3 Å². The maximum absolute atomic E-state index is 12.1. The van der Waals surface area contributed by atoms with Crippen molar-refractivity contribution in [2.24, 2.45) is 7.05 Å². The summed E-state index contributed by atoms with van der Waals surface area (Å²) in [5.41, 5.74) is 0.977. The molecule has 0 saturated heterocycles. The summed E-state index contributed by atoms with van der Waals surface area (Å²) in [4.78, 5) is 14.0. The van der Waals surface area contributed by atoms with E-state index in [-0.39, 0.29) is 11.9 Å². The van der Waals surface area contributed by atoms with Crippen molar-refractivity contribution < 1.29 is 4.79 Å². The van der Waals surface area contributed by atoms with E-state index in [0.29, 0.717) is 0 Å². The molecule has 0 aliphatic heterocycles. The molecule has 4 nitrogen and oxygen atoms in total. The number of amides is 1. The van der Waals surface area contributed by atoms with E-state index in [4.69, 9.17) is 0 Å². The van der Waals surface area contributed by atoms with E-state index in [0.717, 1.165) is 33.6 Å². The van der Waals surface area contributed by atoms with Crippen LogP contribution in [0.15, 0.2) is 6.07 Å². The summed E-state index contributed by atoms with van der Waals surface area (Å²) in [5, 5.41) is 8.48. The molecule has 0 unspecified atom stereocenters. The molecular weight excluding hydrogens is 246 g/mol. The minimum atomic E-state index is 0.0318. The lowest BCUT2D eigenvalue weighted by atomic mass is 10.1. The Morgan fingerprint density at radius 2 is 2.17 bits per heavy atom. The van der Waals surface area contributed by atoms with E-state index in [1.54, 1.807) is 0 Å². The molecule has 2 aromatic heterocycles. The maximum atomic E-state index is 12.1. The molecule has 0 saturated carbocycles. The molecule has 0 fully saturated rings. The summed E-state index contributed by atoms with van der Waals surface area (Å²) in [6, 6.07) is 2.21. The van der Waals surface area contributed by atoms with Crippen LogP contribution in [0.4, 0.5) is 0 Å². The fourth-order valence-electron chi connectivity index (χ4n) is 2.07. The predicted molar refractivity (Wildman–Crippen MR) is 75.2 cm³/mol. The number of thiophene rings is 1. The highest BCUT2D eigenvalue weighted by atomic mass is 32.1. The predicted octanol–water partition coefficient (Wildman–Crippen LogP) is 2.86. The lowest BCUT2D eigenvalue weighted by Crippen LogP contribution is -2.33. The second-order valence-electron chi connectivity index (χ2n) is 4.53. The molecule has 0 radical (unpaired) electrons. The molecule has 0 atom stereocenters. The summed E-state index contributed by atoms with van der Waals surface area (Å²) in [7, 11) is 1.91. The monoisotopic (exact) mass is 265 g/mol. The molecule has 0 aliphatic carbocycles. The number of hydrogen-bond acceptors (Lipinski definition) is 3. The van der Waals surface area contributed by atoms with Crippen molar-refractivity contribution in [2.75, 3.05) is 0 Å². The Hall–Kier alpha value is -1.36. The molecule has 2 heterocycles. The highest BCUT2D eigenvalue weighted by Gasteiger charge is 2.16. The van der Waals surface area contributed by atoms with E-state index in [2.05, 4.69) is 24.3 Å². The number of aromatic nitrogens is 2. The molecule has 98 valence electrons. The van der Waals surface area contributed by atoms with Crippen LogP contribution >= 0.6 is 11.3 Å². The van der Waals surface area contributed by atoms with Crippen LogP contribution in [0.1, 0.15) is 42.1 Å². The highest BCUT2D eigenvalue weighted by Crippen LogP contribution is 2.27. The van der Waals surface area contributed by atoms with Gasteiger partial charge in [0.15, 0.2) is 0 Å². The summed E-state index contributed by atoms with van der Waals surface area (Å²) in [5.74, 6) is 0.0318. The van der Waals surface area contributed by atoms with Crippen LogP contribution in [-0.4, -0.2) is 21.7 Å². The summed E-state index contributed by atoms with van der Waals surface area (Å²) in [6.45, 7) is 6.15. The van der Waals surface area contributed by atoms with Gasteiger partial charge in [0.05, 0.1) is 10.6 Å². The van der Waals surface area contributed by atoms with Gasteiger partial charge in [-0.1, -0.05) is 13.8 Å².